The molecule has 84 valence electrons. The Morgan fingerprint density at radius 2 is 1.93 bits per heavy atom. The molecule has 0 saturated carbocycles. The number of hydrogen-bond acceptors (Lipinski definition) is 2. The molecule has 0 aromatic heterocycles. The van der Waals surface area contributed by atoms with E-state index in [-0.39, 0.29) is 0 Å². The van der Waals surface area contributed by atoms with Gasteiger partial charge in [-0.3, -0.25) is 0 Å². The van der Waals surface area contributed by atoms with Crippen molar-refractivity contribution in [1.29, 1.82) is 0 Å². The van der Waals surface area contributed by atoms with Gasteiger partial charge in [0.05, 0.1) is 0 Å². The van der Waals surface area contributed by atoms with Gasteiger partial charge < -0.3 is 5.73 Å². The van der Waals surface area contributed by atoms with Crippen LogP contribution in [0.3, 0.4) is 0 Å². The molecule has 0 radical (unpaired) electrons. The molecule has 1 rings (SSSR count). The Balaban J connectivity index is 1.98. The second-order valence-electron chi connectivity index (χ2n) is 4.01. The highest BCUT2D eigenvalue weighted by Crippen LogP contribution is 2.14. The molecule has 0 aliphatic heterocycles. The molecule has 1 aromatic carbocycles. The van der Waals surface area contributed by atoms with Crippen LogP contribution in [0.15, 0.2) is 30.3 Å². The summed E-state index contributed by atoms with van der Waals surface area (Å²) in [4.78, 5) is 0. The number of unbranched alkanes of at least 4 members (excludes halogenated alkanes) is 1. The number of nitrogens with two attached hydrogens (primary N) is 1. The van der Waals surface area contributed by atoms with Crippen molar-refractivity contribution in [2.24, 2.45) is 5.73 Å². The smallest absolute Gasteiger partial charge is 0.0184 e. The maximum Gasteiger partial charge on any atom is 0.0184 e. The van der Waals surface area contributed by atoms with Crippen LogP contribution in [-0.4, -0.2) is 11.8 Å². The fourth-order valence-corrected chi connectivity index (χ4v) is 2.42. The van der Waals surface area contributed by atoms with Crippen molar-refractivity contribution in [3.05, 3.63) is 35.9 Å². The zero-order chi connectivity index (χ0) is 10.9. The molecular weight excluding hydrogens is 202 g/mol. The molecular formula is C13H21NS. The third-order valence-electron chi connectivity index (χ3n) is 2.31. The lowest BCUT2D eigenvalue weighted by Crippen LogP contribution is -2.14. The van der Waals surface area contributed by atoms with Crippen LogP contribution < -0.4 is 5.73 Å². The Hall–Kier alpha value is -0.470. The van der Waals surface area contributed by atoms with Crippen LogP contribution in [0, 0.1) is 0 Å². The summed E-state index contributed by atoms with van der Waals surface area (Å²) >= 11 is 2.02. The highest BCUT2D eigenvalue weighted by atomic mass is 32.2. The van der Waals surface area contributed by atoms with Crippen molar-refractivity contribution in [3.8, 4) is 0 Å². The third-order valence-corrected chi connectivity index (χ3v) is 3.42. The number of hydrogen-bond donors (Lipinski definition) is 1. The lowest BCUT2D eigenvalue weighted by Gasteiger charge is -2.04. The zero-order valence-corrected chi connectivity index (χ0v) is 10.3. The normalized spacial score (nSPS) is 12.7. The van der Waals surface area contributed by atoms with E-state index < -0.39 is 0 Å². The summed E-state index contributed by atoms with van der Waals surface area (Å²) in [5.74, 6) is 2.39. The molecule has 2 N–H and O–H groups in total. The molecule has 0 amide bonds. The first-order chi connectivity index (χ1) is 7.29. The van der Waals surface area contributed by atoms with Crippen molar-refractivity contribution in [3.63, 3.8) is 0 Å². The van der Waals surface area contributed by atoms with Crippen LogP contribution >= 0.6 is 11.8 Å². The molecule has 1 unspecified atom stereocenters. The van der Waals surface area contributed by atoms with Crippen molar-refractivity contribution in [2.45, 2.75) is 38.0 Å². The second kappa shape index (κ2) is 7.77. The van der Waals surface area contributed by atoms with Crippen LogP contribution in [0.4, 0.5) is 0 Å². The molecule has 0 saturated heterocycles. The van der Waals surface area contributed by atoms with Crippen molar-refractivity contribution in [2.75, 3.05) is 5.75 Å². The summed E-state index contributed by atoms with van der Waals surface area (Å²) in [6.07, 6.45) is 3.71. The molecule has 15 heavy (non-hydrogen) atoms. The third kappa shape index (κ3) is 6.58. The van der Waals surface area contributed by atoms with Gasteiger partial charge in [-0.2, -0.15) is 11.8 Å². The number of benzene rings is 1. The van der Waals surface area contributed by atoms with Gasteiger partial charge in [-0.15, -0.1) is 0 Å². The van der Waals surface area contributed by atoms with Crippen molar-refractivity contribution in [1.82, 2.24) is 0 Å². The monoisotopic (exact) mass is 223 g/mol. The first-order valence-electron chi connectivity index (χ1n) is 5.66. The molecule has 0 aliphatic carbocycles. The minimum absolute atomic E-state index is 0.365. The van der Waals surface area contributed by atoms with E-state index in [2.05, 4.69) is 37.3 Å². The van der Waals surface area contributed by atoms with Crippen LogP contribution in [-0.2, 0) is 5.75 Å². The fourth-order valence-electron chi connectivity index (χ4n) is 1.43. The molecule has 0 fully saturated rings. The quantitative estimate of drug-likeness (QED) is 0.717. The standard InChI is InChI=1S/C13H21NS/c1-12(14)7-5-6-10-15-11-13-8-3-2-4-9-13/h2-4,8-9,12H,5-7,10-11,14H2,1H3. The van der Waals surface area contributed by atoms with Crippen LogP contribution in [0.25, 0.3) is 0 Å². The van der Waals surface area contributed by atoms with Gasteiger partial charge in [0, 0.05) is 11.8 Å². The summed E-state index contributed by atoms with van der Waals surface area (Å²) in [5, 5.41) is 0. The highest BCUT2D eigenvalue weighted by molar-refractivity contribution is 7.98. The topological polar surface area (TPSA) is 26.0 Å². The van der Waals surface area contributed by atoms with E-state index in [4.69, 9.17) is 5.73 Å². The maximum atomic E-state index is 5.69. The SMILES string of the molecule is CC(N)CCCCSCc1ccccc1. The van der Waals surface area contributed by atoms with Gasteiger partial charge in [0.2, 0.25) is 0 Å². The number of rotatable bonds is 7. The minimum Gasteiger partial charge on any atom is -0.328 e. The molecule has 0 spiro atoms. The average molecular weight is 223 g/mol. The van der Waals surface area contributed by atoms with E-state index >= 15 is 0 Å². The predicted molar refractivity (Wildman–Crippen MR) is 70.1 cm³/mol. The Morgan fingerprint density at radius 3 is 2.60 bits per heavy atom. The Morgan fingerprint density at radius 1 is 1.20 bits per heavy atom. The summed E-state index contributed by atoms with van der Waals surface area (Å²) < 4.78 is 0. The van der Waals surface area contributed by atoms with Gasteiger partial charge in [0.1, 0.15) is 0 Å². The fraction of sp³-hybridized carbons (Fsp3) is 0.538. The first-order valence-corrected chi connectivity index (χ1v) is 6.82. The molecule has 1 aromatic rings. The van der Waals surface area contributed by atoms with E-state index in [1.165, 1.54) is 24.2 Å². The lowest BCUT2D eigenvalue weighted by molar-refractivity contribution is 0.618. The van der Waals surface area contributed by atoms with E-state index in [1.54, 1.807) is 0 Å². The predicted octanol–water partition coefficient (Wildman–Crippen LogP) is 3.44. The van der Waals surface area contributed by atoms with Gasteiger partial charge in [-0.1, -0.05) is 36.8 Å². The van der Waals surface area contributed by atoms with Crippen molar-refractivity contribution >= 4 is 11.8 Å². The van der Waals surface area contributed by atoms with Gasteiger partial charge in [0.15, 0.2) is 0 Å². The van der Waals surface area contributed by atoms with Gasteiger partial charge in [0.25, 0.3) is 0 Å². The molecule has 1 atom stereocenters. The Bertz CT molecular complexity index is 246. The molecule has 0 aliphatic rings. The summed E-state index contributed by atoms with van der Waals surface area (Å²) in [6.45, 7) is 2.08. The number of thioether (sulfide) groups is 1. The van der Waals surface area contributed by atoms with Gasteiger partial charge in [-0.05, 0) is 31.1 Å². The van der Waals surface area contributed by atoms with E-state index in [0.717, 1.165) is 12.2 Å². The summed E-state index contributed by atoms with van der Waals surface area (Å²) in [6, 6.07) is 11.0. The summed E-state index contributed by atoms with van der Waals surface area (Å²) in [5.41, 5.74) is 7.12. The Kier molecular flexibility index (Phi) is 6.53. The van der Waals surface area contributed by atoms with Crippen LogP contribution in [0.2, 0.25) is 0 Å². The van der Waals surface area contributed by atoms with Crippen LogP contribution in [0.5, 0.6) is 0 Å². The molecule has 1 nitrogen and oxygen atoms in total. The van der Waals surface area contributed by atoms with Crippen LogP contribution in [0.1, 0.15) is 31.7 Å². The maximum absolute atomic E-state index is 5.69. The second-order valence-corrected chi connectivity index (χ2v) is 5.12. The molecule has 0 bridgehead atoms. The first kappa shape index (κ1) is 12.6. The molecule has 2 heteroatoms. The Labute approximate surface area is 97.4 Å². The van der Waals surface area contributed by atoms with Crippen molar-refractivity contribution < 1.29 is 0 Å². The van der Waals surface area contributed by atoms with E-state index in [0.29, 0.717) is 6.04 Å². The highest BCUT2D eigenvalue weighted by Gasteiger charge is 1.95. The summed E-state index contributed by atoms with van der Waals surface area (Å²) in [7, 11) is 0. The van der Waals surface area contributed by atoms with Gasteiger partial charge >= 0.3 is 0 Å². The molecule has 0 heterocycles. The minimum atomic E-state index is 0.365. The largest absolute Gasteiger partial charge is 0.328 e. The zero-order valence-electron chi connectivity index (χ0n) is 9.49. The average Bonchev–Trinajstić information content (AvgIpc) is 2.24. The lowest BCUT2D eigenvalue weighted by atomic mass is 10.2. The van der Waals surface area contributed by atoms with E-state index in [9.17, 15) is 0 Å². The van der Waals surface area contributed by atoms with E-state index in [1.807, 2.05) is 11.8 Å². The van der Waals surface area contributed by atoms with Gasteiger partial charge in [-0.25, -0.2) is 0 Å².